The molecule has 118 valence electrons. The van der Waals surface area contributed by atoms with Gasteiger partial charge in [-0.2, -0.15) is 26.7 Å². The molecular formula is C14H26N6S. The summed E-state index contributed by atoms with van der Waals surface area (Å²) in [6.45, 7) is 3.75. The summed E-state index contributed by atoms with van der Waals surface area (Å²) in [6.07, 6.45) is 7.39. The lowest BCUT2D eigenvalue weighted by Crippen LogP contribution is -2.31. The van der Waals surface area contributed by atoms with Gasteiger partial charge in [-0.15, -0.1) is 0 Å². The molecule has 0 amide bonds. The Kier molecular flexibility index (Phi) is 5.50. The van der Waals surface area contributed by atoms with Crippen molar-refractivity contribution in [3.63, 3.8) is 0 Å². The van der Waals surface area contributed by atoms with Crippen molar-refractivity contribution in [2.24, 2.45) is 0 Å². The highest BCUT2D eigenvalue weighted by Crippen LogP contribution is 2.40. The average Bonchev–Trinajstić information content (AvgIpc) is 2.95. The van der Waals surface area contributed by atoms with E-state index in [0.29, 0.717) is 22.6 Å². The standard InChI is InChI=1S/C14H26N6S/c1-5-15-11-17-12(19-13(18-11)20(2)3)16-10-14(21-4)8-6-7-9-14/h5-10H2,1-4H3,(H2,15,16,17,18,19). The molecule has 0 radical (unpaired) electrons. The zero-order chi connectivity index (χ0) is 15.3. The summed E-state index contributed by atoms with van der Waals surface area (Å²) in [5, 5.41) is 6.58. The van der Waals surface area contributed by atoms with Gasteiger partial charge in [0.25, 0.3) is 0 Å². The summed E-state index contributed by atoms with van der Waals surface area (Å²) >= 11 is 1.96. The maximum absolute atomic E-state index is 4.48. The second kappa shape index (κ2) is 7.15. The molecule has 0 aromatic carbocycles. The Morgan fingerprint density at radius 2 is 1.71 bits per heavy atom. The maximum Gasteiger partial charge on any atom is 0.231 e. The predicted molar refractivity (Wildman–Crippen MR) is 91.5 cm³/mol. The third-order valence-corrected chi connectivity index (χ3v) is 5.29. The number of hydrogen-bond donors (Lipinski definition) is 2. The van der Waals surface area contributed by atoms with Crippen LogP contribution in [0.4, 0.5) is 17.8 Å². The lowest BCUT2D eigenvalue weighted by molar-refractivity contribution is 0.636. The number of rotatable bonds is 7. The van der Waals surface area contributed by atoms with E-state index < -0.39 is 0 Å². The van der Waals surface area contributed by atoms with Crippen molar-refractivity contribution >= 4 is 29.6 Å². The van der Waals surface area contributed by atoms with Crippen LogP contribution in [0.25, 0.3) is 0 Å². The van der Waals surface area contributed by atoms with Crippen LogP contribution in [0.2, 0.25) is 0 Å². The number of nitrogens with zero attached hydrogens (tertiary/aromatic N) is 4. The Balaban J connectivity index is 2.11. The number of hydrogen-bond acceptors (Lipinski definition) is 7. The minimum absolute atomic E-state index is 0.337. The molecule has 1 heterocycles. The van der Waals surface area contributed by atoms with Gasteiger partial charge in [0.2, 0.25) is 17.8 Å². The Hall–Kier alpha value is -1.24. The lowest BCUT2D eigenvalue weighted by Gasteiger charge is -2.27. The highest BCUT2D eigenvalue weighted by atomic mass is 32.2. The molecule has 7 heteroatoms. The highest BCUT2D eigenvalue weighted by Gasteiger charge is 2.32. The van der Waals surface area contributed by atoms with Crippen LogP contribution in [-0.4, -0.2) is 53.1 Å². The van der Waals surface area contributed by atoms with Crippen LogP contribution in [0.3, 0.4) is 0 Å². The van der Waals surface area contributed by atoms with Crippen molar-refractivity contribution in [1.29, 1.82) is 0 Å². The van der Waals surface area contributed by atoms with E-state index in [0.717, 1.165) is 13.1 Å². The molecule has 1 aromatic heterocycles. The van der Waals surface area contributed by atoms with Crippen LogP contribution >= 0.6 is 11.8 Å². The molecule has 1 aliphatic rings. The molecule has 1 fully saturated rings. The van der Waals surface area contributed by atoms with Gasteiger partial charge >= 0.3 is 0 Å². The molecule has 0 atom stereocenters. The largest absolute Gasteiger partial charge is 0.354 e. The van der Waals surface area contributed by atoms with Gasteiger partial charge in [-0.05, 0) is 26.0 Å². The van der Waals surface area contributed by atoms with E-state index in [1.165, 1.54) is 25.7 Å². The number of nitrogens with one attached hydrogen (secondary N) is 2. The van der Waals surface area contributed by atoms with Crippen molar-refractivity contribution in [1.82, 2.24) is 15.0 Å². The van der Waals surface area contributed by atoms with E-state index in [1.807, 2.05) is 37.7 Å². The summed E-state index contributed by atoms with van der Waals surface area (Å²) in [5.41, 5.74) is 0. The summed E-state index contributed by atoms with van der Waals surface area (Å²) in [6, 6.07) is 0. The number of thioether (sulfide) groups is 1. The second-order valence-corrected chi connectivity index (χ2v) is 6.93. The monoisotopic (exact) mass is 310 g/mol. The van der Waals surface area contributed by atoms with E-state index in [1.54, 1.807) is 0 Å². The van der Waals surface area contributed by atoms with Gasteiger partial charge in [-0.25, -0.2) is 0 Å². The third-order valence-electron chi connectivity index (χ3n) is 3.87. The normalized spacial score (nSPS) is 16.8. The van der Waals surface area contributed by atoms with Crippen molar-refractivity contribution in [3.8, 4) is 0 Å². The number of anilines is 3. The molecule has 0 aliphatic heterocycles. The SMILES string of the molecule is CCNc1nc(NCC2(SC)CCCC2)nc(N(C)C)n1. The molecule has 0 unspecified atom stereocenters. The molecule has 0 bridgehead atoms. The summed E-state index contributed by atoms with van der Waals surface area (Å²) in [7, 11) is 3.88. The molecule has 0 spiro atoms. The fourth-order valence-electron chi connectivity index (χ4n) is 2.59. The highest BCUT2D eigenvalue weighted by molar-refractivity contribution is 8.00. The summed E-state index contributed by atoms with van der Waals surface area (Å²) in [4.78, 5) is 15.2. The Morgan fingerprint density at radius 3 is 2.24 bits per heavy atom. The molecular weight excluding hydrogens is 284 g/mol. The molecule has 21 heavy (non-hydrogen) atoms. The third kappa shape index (κ3) is 4.12. The first-order valence-electron chi connectivity index (χ1n) is 7.55. The molecule has 1 saturated carbocycles. The summed E-state index contributed by atoms with van der Waals surface area (Å²) in [5.74, 6) is 1.96. The van der Waals surface area contributed by atoms with Gasteiger partial charge in [0.05, 0.1) is 0 Å². The smallest absolute Gasteiger partial charge is 0.231 e. The Bertz CT molecular complexity index is 459. The van der Waals surface area contributed by atoms with Gasteiger partial charge in [0.1, 0.15) is 0 Å². The minimum atomic E-state index is 0.337. The molecule has 2 rings (SSSR count). The summed E-state index contributed by atoms with van der Waals surface area (Å²) < 4.78 is 0.337. The zero-order valence-corrected chi connectivity index (χ0v) is 14.3. The van der Waals surface area contributed by atoms with Gasteiger partial charge in [0, 0.05) is 31.9 Å². The van der Waals surface area contributed by atoms with Gasteiger partial charge in [-0.3, -0.25) is 0 Å². The quantitative estimate of drug-likeness (QED) is 0.802. The van der Waals surface area contributed by atoms with Crippen molar-refractivity contribution in [2.75, 3.05) is 49.0 Å². The van der Waals surface area contributed by atoms with Gasteiger partial charge < -0.3 is 15.5 Å². The maximum atomic E-state index is 4.48. The van der Waals surface area contributed by atoms with Crippen molar-refractivity contribution in [2.45, 2.75) is 37.4 Å². The number of aromatic nitrogens is 3. The van der Waals surface area contributed by atoms with E-state index in [9.17, 15) is 0 Å². The molecule has 2 N–H and O–H groups in total. The van der Waals surface area contributed by atoms with Crippen LogP contribution in [0.1, 0.15) is 32.6 Å². The van der Waals surface area contributed by atoms with E-state index in [4.69, 9.17) is 0 Å². The van der Waals surface area contributed by atoms with Crippen LogP contribution in [-0.2, 0) is 0 Å². The first-order valence-corrected chi connectivity index (χ1v) is 8.77. The molecule has 0 saturated heterocycles. The Labute approximate surface area is 131 Å². The van der Waals surface area contributed by atoms with Crippen LogP contribution < -0.4 is 15.5 Å². The fourth-order valence-corrected chi connectivity index (χ4v) is 3.51. The van der Waals surface area contributed by atoms with E-state index in [2.05, 4.69) is 31.8 Å². The first-order chi connectivity index (χ1) is 10.1. The Morgan fingerprint density at radius 1 is 1.10 bits per heavy atom. The fraction of sp³-hybridized carbons (Fsp3) is 0.786. The van der Waals surface area contributed by atoms with E-state index in [-0.39, 0.29) is 0 Å². The van der Waals surface area contributed by atoms with Gasteiger partial charge in [0.15, 0.2) is 0 Å². The molecule has 6 nitrogen and oxygen atoms in total. The van der Waals surface area contributed by atoms with Crippen LogP contribution in [0.5, 0.6) is 0 Å². The van der Waals surface area contributed by atoms with Gasteiger partial charge in [-0.1, -0.05) is 12.8 Å². The predicted octanol–water partition coefficient (Wildman–Crippen LogP) is 2.46. The topological polar surface area (TPSA) is 66.0 Å². The first kappa shape index (κ1) is 16.1. The minimum Gasteiger partial charge on any atom is -0.354 e. The van der Waals surface area contributed by atoms with Crippen molar-refractivity contribution < 1.29 is 0 Å². The average molecular weight is 310 g/mol. The second-order valence-electron chi connectivity index (χ2n) is 5.66. The van der Waals surface area contributed by atoms with Crippen LogP contribution in [0, 0.1) is 0 Å². The van der Waals surface area contributed by atoms with Crippen LogP contribution in [0.15, 0.2) is 0 Å². The van der Waals surface area contributed by atoms with Crippen molar-refractivity contribution in [3.05, 3.63) is 0 Å². The molecule has 1 aliphatic carbocycles. The van der Waals surface area contributed by atoms with E-state index >= 15 is 0 Å². The molecule has 1 aromatic rings. The zero-order valence-electron chi connectivity index (χ0n) is 13.4. The lowest BCUT2D eigenvalue weighted by atomic mass is 10.1.